The Hall–Kier alpha value is -3.69. The minimum atomic E-state index is -0.350. The Kier molecular flexibility index (Phi) is 5.80. The molecule has 1 saturated heterocycles. The lowest BCUT2D eigenvalue weighted by molar-refractivity contribution is 0.160. The molecule has 3 heterocycles. The quantitative estimate of drug-likeness (QED) is 0.591. The molecular weight excluding hydrogens is 427 g/mol. The van der Waals surface area contributed by atoms with E-state index in [4.69, 9.17) is 4.52 Å². The van der Waals surface area contributed by atoms with E-state index in [0.29, 0.717) is 29.4 Å². The van der Waals surface area contributed by atoms with Gasteiger partial charge in [0.2, 0.25) is 0 Å². The molecule has 0 spiro atoms. The molecule has 1 aliphatic carbocycles. The van der Waals surface area contributed by atoms with E-state index in [1.54, 1.807) is 24.3 Å². The average molecular weight is 452 g/mol. The van der Waals surface area contributed by atoms with Gasteiger partial charge in [0.1, 0.15) is 17.3 Å². The second-order valence-electron chi connectivity index (χ2n) is 8.45. The van der Waals surface area contributed by atoms with Gasteiger partial charge in [-0.1, -0.05) is 17.3 Å². The van der Waals surface area contributed by atoms with Crippen molar-refractivity contribution < 1.29 is 18.8 Å². The fourth-order valence-corrected chi connectivity index (χ4v) is 4.32. The molecule has 9 nitrogen and oxygen atoms in total. The van der Waals surface area contributed by atoms with Crippen LogP contribution in [0.5, 0.6) is 6.01 Å². The number of piperidine rings is 1. The molecule has 1 atom stereocenters. The fraction of sp³-hybridized carbons (Fsp3) is 0.391. The summed E-state index contributed by atoms with van der Waals surface area (Å²) in [7, 11) is 0. The van der Waals surface area contributed by atoms with Crippen LogP contribution in [0.3, 0.4) is 0 Å². The number of benzene rings is 1. The Morgan fingerprint density at radius 2 is 2.12 bits per heavy atom. The van der Waals surface area contributed by atoms with Gasteiger partial charge in [-0.3, -0.25) is 0 Å². The molecule has 0 bridgehead atoms. The van der Waals surface area contributed by atoms with Crippen LogP contribution < -0.4 is 10.2 Å². The number of aromatic hydroxyl groups is 1. The predicted octanol–water partition coefficient (Wildman–Crippen LogP) is 3.32. The molecule has 1 aromatic carbocycles. The van der Waals surface area contributed by atoms with Crippen LogP contribution in [0.25, 0.3) is 11.3 Å². The zero-order valence-electron chi connectivity index (χ0n) is 18.0. The maximum atomic E-state index is 13.5. The van der Waals surface area contributed by atoms with E-state index >= 15 is 0 Å². The summed E-state index contributed by atoms with van der Waals surface area (Å²) in [5.74, 6) is 0.766. The summed E-state index contributed by atoms with van der Waals surface area (Å²) in [5.41, 5.74) is 1.16. The maximum Gasteiger partial charge on any atom is 0.318 e. The van der Waals surface area contributed by atoms with Gasteiger partial charge in [0.25, 0.3) is 0 Å². The number of hydrogen-bond donors (Lipinski definition) is 2. The number of nitrogens with zero attached hydrogens (tertiary/aromatic N) is 5. The minimum Gasteiger partial charge on any atom is -0.479 e. The lowest BCUT2D eigenvalue weighted by atomic mass is 10.0. The smallest absolute Gasteiger partial charge is 0.318 e. The van der Waals surface area contributed by atoms with Crippen LogP contribution in [0.2, 0.25) is 0 Å². The van der Waals surface area contributed by atoms with Crippen molar-refractivity contribution in [3.05, 3.63) is 54.1 Å². The molecule has 33 heavy (non-hydrogen) atoms. The molecule has 2 aliphatic rings. The first kappa shape index (κ1) is 21.2. The number of amides is 2. The largest absolute Gasteiger partial charge is 0.479 e. The van der Waals surface area contributed by atoms with Gasteiger partial charge in [-0.15, -0.1) is 0 Å². The highest BCUT2D eigenvalue weighted by Gasteiger charge is 2.39. The zero-order chi connectivity index (χ0) is 22.8. The Morgan fingerprint density at radius 1 is 1.24 bits per heavy atom. The van der Waals surface area contributed by atoms with Gasteiger partial charge >= 0.3 is 12.0 Å². The second-order valence-corrected chi connectivity index (χ2v) is 8.45. The molecule has 1 saturated carbocycles. The second kappa shape index (κ2) is 9.05. The van der Waals surface area contributed by atoms with Crippen LogP contribution in [-0.4, -0.2) is 56.3 Å². The van der Waals surface area contributed by atoms with Gasteiger partial charge in [0.15, 0.2) is 5.76 Å². The third-order valence-corrected chi connectivity index (χ3v) is 6.01. The summed E-state index contributed by atoms with van der Waals surface area (Å²) in [6.45, 7) is 1.68. The van der Waals surface area contributed by atoms with E-state index in [9.17, 15) is 14.3 Å². The number of rotatable bonds is 6. The van der Waals surface area contributed by atoms with Gasteiger partial charge in [-0.05, 0) is 43.9 Å². The van der Waals surface area contributed by atoms with Crippen molar-refractivity contribution in [2.75, 3.05) is 18.0 Å². The van der Waals surface area contributed by atoms with Crippen LogP contribution in [-0.2, 0) is 6.54 Å². The van der Waals surface area contributed by atoms with Crippen LogP contribution >= 0.6 is 0 Å². The summed E-state index contributed by atoms with van der Waals surface area (Å²) in [5, 5.41) is 16.6. The first-order chi connectivity index (χ1) is 16.1. The third-order valence-electron chi connectivity index (χ3n) is 6.01. The number of aromatic nitrogens is 3. The molecule has 0 radical (unpaired) electrons. The van der Waals surface area contributed by atoms with Crippen molar-refractivity contribution in [2.45, 2.75) is 44.3 Å². The summed E-state index contributed by atoms with van der Waals surface area (Å²) in [6.07, 6.45) is 5.35. The topological polar surface area (TPSA) is 108 Å². The van der Waals surface area contributed by atoms with Gasteiger partial charge in [-0.25, -0.2) is 14.2 Å². The Morgan fingerprint density at radius 3 is 2.91 bits per heavy atom. The number of hydrogen-bond acceptors (Lipinski definition) is 7. The van der Waals surface area contributed by atoms with Crippen molar-refractivity contribution in [3.8, 4) is 17.3 Å². The molecule has 172 valence electrons. The minimum absolute atomic E-state index is 0.0449. The van der Waals surface area contributed by atoms with Crippen molar-refractivity contribution in [2.24, 2.45) is 0 Å². The summed E-state index contributed by atoms with van der Waals surface area (Å²) in [6, 6.07) is 9.47. The summed E-state index contributed by atoms with van der Waals surface area (Å²) >= 11 is 0. The predicted molar refractivity (Wildman–Crippen MR) is 118 cm³/mol. The van der Waals surface area contributed by atoms with E-state index in [-0.39, 0.29) is 36.5 Å². The molecule has 1 aliphatic heterocycles. The lowest BCUT2D eigenvalue weighted by Gasteiger charge is -2.40. The number of halogens is 1. The number of carbonyl (C=O) groups excluding carboxylic acids is 1. The number of carbonyl (C=O) groups is 1. The molecular formula is C23H25FN6O3. The van der Waals surface area contributed by atoms with E-state index in [1.165, 1.54) is 18.3 Å². The van der Waals surface area contributed by atoms with E-state index in [1.807, 2.05) is 4.90 Å². The van der Waals surface area contributed by atoms with Crippen molar-refractivity contribution in [3.63, 3.8) is 0 Å². The SMILES string of the molecule is O=C(NCc1cc(-c2cccc(F)c2)on1)N(C1CC1)[C@@H]1CCCN(c2ccnc(O)n2)C1. The zero-order valence-corrected chi connectivity index (χ0v) is 18.0. The van der Waals surface area contributed by atoms with Gasteiger partial charge in [0.05, 0.1) is 12.6 Å². The highest BCUT2D eigenvalue weighted by atomic mass is 19.1. The molecule has 10 heteroatoms. The average Bonchev–Trinajstić information content (AvgIpc) is 3.53. The summed E-state index contributed by atoms with van der Waals surface area (Å²) in [4.78, 5) is 25.0. The first-order valence-electron chi connectivity index (χ1n) is 11.1. The maximum absolute atomic E-state index is 13.5. The van der Waals surface area contributed by atoms with Crippen molar-refractivity contribution in [1.82, 2.24) is 25.3 Å². The first-order valence-corrected chi connectivity index (χ1v) is 11.1. The molecule has 2 N–H and O–H groups in total. The highest BCUT2D eigenvalue weighted by Crippen LogP contribution is 2.32. The van der Waals surface area contributed by atoms with Crippen LogP contribution in [0.1, 0.15) is 31.4 Å². The fourth-order valence-electron chi connectivity index (χ4n) is 4.32. The molecule has 3 aromatic rings. The van der Waals surface area contributed by atoms with Crippen molar-refractivity contribution in [1.29, 1.82) is 0 Å². The molecule has 5 rings (SSSR count). The van der Waals surface area contributed by atoms with E-state index < -0.39 is 0 Å². The standard InChI is InChI=1S/C23H25FN6O3/c24-16-4-1-3-15(11-16)20-12-17(28-33-20)13-26-23(32)30(18-6-7-18)19-5-2-10-29(14-19)21-8-9-25-22(31)27-21/h1,3-4,8-9,11-12,18-19H,2,5-7,10,13-14H2,(H,26,32)(H,25,27,31)/t19-/m1/s1. The Bertz CT molecular complexity index is 1130. The summed E-state index contributed by atoms with van der Waals surface area (Å²) < 4.78 is 18.8. The van der Waals surface area contributed by atoms with Crippen LogP contribution in [0.4, 0.5) is 15.0 Å². The van der Waals surface area contributed by atoms with Gasteiger partial charge in [-0.2, -0.15) is 4.98 Å². The van der Waals surface area contributed by atoms with Gasteiger partial charge in [0, 0.05) is 37.0 Å². The number of anilines is 1. The molecule has 2 fully saturated rings. The number of urea groups is 1. The third kappa shape index (κ3) is 4.89. The molecule has 2 amide bonds. The van der Waals surface area contributed by atoms with E-state index in [0.717, 1.165) is 32.2 Å². The Labute approximate surface area is 190 Å². The number of nitrogens with one attached hydrogen (secondary N) is 1. The van der Waals surface area contributed by atoms with Gasteiger partial charge < -0.3 is 24.7 Å². The molecule has 0 unspecified atom stereocenters. The van der Waals surface area contributed by atoms with Crippen LogP contribution in [0, 0.1) is 5.82 Å². The Balaban J connectivity index is 1.23. The van der Waals surface area contributed by atoms with Crippen LogP contribution in [0.15, 0.2) is 47.1 Å². The monoisotopic (exact) mass is 452 g/mol. The lowest BCUT2D eigenvalue weighted by Crippen LogP contribution is -2.54. The van der Waals surface area contributed by atoms with Crippen molar-refractivity contribution >= 4 is 11.8 Å². The normalized spacial score (nSPS) is 18.2. The highest BCUT2D eigenvalue weighted by molar-refractivity contribution is 5.75. The molecule has 2 aromatic heterocycles. The van der Waals surface area contributed by atoms with E-state index in [2.05, 4.69) is 25.3 Å².